The van der Waals surface area contributed by atoms with Crippen molar-refractivity contribution in [3.05, 3.63) is 53.4 Å². The van der Waals surface area contributed by atoms with Gasteiger partial charge in [-0.05, 0) is 36.2 Å². The molecule has 0 aliphatic rings. The van der Waals surface area contributed by atoms with Crippen LogP contribution in [0.5, 0.6) is 5.75 Å². The Bertz CT molecular complexity index is 550. The molecule has 0 unspecified atom stereocenters. The van der Waals surface area contributed by atoms with Gasteiger partial charge in [0, 0.05) is 12.7 Å². The summed E-state index contributed by atoms with van der Waals surface area (Å²) in [7, 11) is 0. The van der Waals surface area contributed by atoms with E-state index in [1.165, 1.54) is 0 Å². The Kier molecular flexibility index (Phi) is 3.41. The van der Waals surface area contributed by atoms with Crippen molar-refractivity contribution in [3.63, 3.8) is 0 Å². The number of hydrogen-bond acceptors (Lipinski definition) is 3. The van der Waals surface area contributed by atoms with Crippen molar-refractivity contribution in [1.29, 1.82) is 0 Å². The van der Waals surface area contributed by atoms with Crippen LogP contribution in [0, 0.1) is 18.6 Å². The van der Waals surface area contributed by atoms with E-state index in [-0.39, 0.29) is 6.54 Å². The predicted molar refractivity (Wildman–Crippen MR) is 64.3 cm³/mol. The highest BCUT2D eigenvalue weighted by molar-refractivity contribution is 5.48. The average molecular weight is 250 g/mol. The first-order valence-corrected chi connectivity index (χ1v) is 5.39. The molecule has 0 amide bonds. The summed E-state index contributed by atoms with van der Waals surface area (Å²) in [5, 5.41) is 12.0. The molecule has 0 saturated carbocycles. The lowest BCUT2D eigenvalue weighted by Gasteiger charge is -2.09. The Morgan fingerprint density at radius 2 is 1.94 bits per heavy atom. The summed E-state index contributed by atoms with van der Waals surface area (Å²) in [5.74, 6) is -2.87. The Hall–Kier alpha value is -2.17. The summed E-state index contributed by atoms with van der Waals surface area (Å²) in [6.45, 7) is 2.16. The molecule has 5 heteroatoms. The third-order valence-corrected chi connectivity index (χ3v) is 2.60. The highest BCUT2D eigenvalue weighted by Gasteiger charge is 2.09. The topological polar surface area (TPSA) is 45.2 Å². The first-order chi connectivity index (χ1) is 8.58. The van der Waals surface area contributed by atoms with Crippen LogP contribution in [0.15, 0.2) is 30.6 Å². The number of pyridine rings is 1. The molecule has 3 nitrogen and oxygen atoms in total. The van der Waals surface area contributed by atoms with Gasteiger partial charge in [0.25, 0.3) is 0 Å². The molecule has 0 saturated heterocycles. The lowest BCUT2D eigenvalue weighted by Crippen LogP contribution is -2.02. The number of nitrogens with zero attached hydrogens (tertiary/aromatic N) is 1. The second-order valence-corrected chi connectivity index (χ2v) is 3.95. The van der Waals surface area contributed by atoms with E-state index in [9.17, 15) is 8.78 Å². The second-order valence-electron chi connectivity index (χ2n) is 3.95. The number of anilines is 1. The van der Waals surface area contributed by atoms with Gasteiger partial charge in [-0.2, -0.15) is 0 Å². The standard InChI is InChI=1S/C13H12F2N2O/c1-8-2-3-16-7-12(8)17-6-9-4-10(14)13(18)11(15)5-9/h2-5,7,17-18H,6H2,1H3. The largest absolute Gasteiger partial charge is 0.503 e. The molecule has 94 valence electrons. The van der Waals surface area contributed by atoms with Crippen LogP contribution in [0.3, 0.4) is 0 Å². The van der Waals surface area contributed by atoms with Gasteiger partial charge in [-0.3, -0.25) is 4.98 Å². The highest BCUT2D eigenvalue weighted by Crippen LogP contribution is 2.22. The quantitative estimate of drug-likeness (QED) is 0.880. The van der Waals surface area contributed by atoms with Crippen LogP contribution in [-0.2, 0) is 6.54 Å². The SMILES string of the molecule is Cc1ccncc1NCc1cc(F)c(O)c(F)c1. The van der Waals surface area contributed by atoms with Crippen LogP contribution in [-0.4, -0.2) is 10.1 Å². The molecule has 2 aromatic rings. The normalized spacial score (nSPS) is 10.4. The minimum Gasteiger partial charge on any atom is -0.503 e. The fourth-order valence-electron chi connectivity index (χ4n) is 1.57. The Balaban J connectivity index is 2.14. The first kappa shape index (κ1) is 12.3. The number of rotatable bonds is 3. The highest BCUT2D eigenvalue weighted by atomic mass is 19.1. The third kappa shape index (κ3) is 2.56. The van der Waals surface area contributed by atoms with Crippen molar-refractivity contribution in [3.8, 4) is 5.75 Å². The summed E-state index contributed by atoms with van der Waals surface area (Å²) in [5.41, 5.74) is 2.20. The predicted octanol–water partition coefficient (Wildman–Crippen LogP) is 2.99. The maximum atomic E-state index is 13.1. The molecule has 2 rings (SSSR count). The van der Waals surface area contributed by atoms with E-state index in [2.05, 4.69) is 10.3 Å². The summed E-state index contributed by atoms with van der Waals surface area (Å²) < 4.78 is 26.2. The molecule has 0 aliphatic heterocycles. The maximum absolute atomic E-state index is 13.1. The zero-order valence-corrected chi connectivity index (χ0v) is 9.74. The van der Waals surface area contributed by atoms with E-state index >= 15 is 0 Å². The van der Waals surface area contributed by atoms with Crippen molar-refractivity contribution in [2.24, 2.45) is 0 Å². The number of aryl methyl sites for hydroxylation is 1. The number of hydrogen-bond donors (Lipinski definition) is 2. The molecule has 2 N–H and O–H groups in total. The zero-order chi connectivity index (χ0) is 13.1. The van der Waals surface area contributed by atoms with E-state index < -0.39 is 17.4 Å². The molecule has 1 aromatic heterocycles. The first-order valence-electron chi connectivity index (χ1n) is 5.39. The Morgan fingerprint density at radius 1 is 1.28 bits per heavy atom. The summed E-state index contributed by atoms with van der Waals surface area (Å²) in [6.07, 6.45) is 3.31. The fraction of sp³-hybridized carbons (Fsp3) is 0.154. The minimum atomic E-state index is -0.963. The third-order valence-electron chi connectivity index (χ3n) is 2.60. The van der Waals surface area contributed by atoms with Crippen molar-refractivity contribution in [2.45, 2.75) is 13.5 Å². The molecule has 0 atom stereocenters. The summed E-state index contributed by atoms with van der Waals surface area (Å²) in [4.78, 5) is 3.96. The zero-order valence-electron chi connectivity index (χ0n) is 9.74. The molecular weight excluding hydrogens is 238 g/mol. The van der Waals surface area contributed by atoms with Crippen molar-refractivity contribution >= 4 is 5.69 Å². The second kappa shape index (κ2) is 5.00. The molecule has 0 bridgehead atoms. The maximum Gasteiger partial charge on any atom is 0.187 e. The van der Waals surface area contributed by atoms with Crippen LogP contribution < -0.4 is 5.32 Å². The lowest BCUT2D eigenvalue weighted by molar-refractivity contribution is 0.395. The van der Waals surface area contributed by atoms with Crippen LogP contribution in [0.25, 0.3) is 0 Å². The van der Waals surface area contributed by atoms with E-state index in [0.29, 0.717) is 5.56 Å². The molecule has 0 aliphatic carbocycles. The number of benzene rings is 1. The number of nitrogens with one attached hydrogen (secondary N) is 1. The average Bonchev–Trinajstić information content (AvgIpc) is 2.35. The van der Waals surface area contributed by atoms with Crippen molar-refractivity contribution < 1.29 is 13.9 Å². The van der Waals surface area contributed by atoms with Gasteiger partial charge in [-0.1, -0.05) is 0 Å². The van der Waals surface area contributed by atoms with Gasteiger partial charge in [0.1, 0.15) is 0 Å². The molecule has 18 heavy (non-hydrogen) atoms. The molecular formula is C13H12F2N2O. The van der Waals surface area contributed by atoms with Crippen molar-refractivity contribution in [2.75, 3.05) is 5.32 Å². The molecule has 0 radical (unpaired) electrons. The van der Waals surface area contributed by atoms with Gasteiger partial charge >= 0.3 is 0 Å². The Labute approximate surface area is 103 Å². The fourth-order valence-corrected chi connectivity index (χ4v) is 1.57. The van der Waals surface area contributed by atoms with E-state index in [4.69, 9.17) is 5.11 Å². The van der Waals surface area contributed by atoms with Gasteiger partial charge in [0.15, 0.2) is 17.4 Å². The molecule has 0 spiro atoms. The number of phenols is 1. The van der Waals surface area contributed by atoms with Gasteiger partial charge in [0.05, 0.1) is 11.9 Å². The van der Waals surface area contributed by atoms with Crippen molar-refractivity contribution in [1.82, 2.24) is 4.98 Å². The van der Waals surface area contributed by atoms with Gasteiger partial charge < -0.3 is 10.4 Å². The monoisotopic (exact) mass is 250 g/mol. The lowest BCUT2D eigenvalue weighted by atomic mass is 10.2. The van der Waals surface area contributed by atoms with Gasteiger partial charge in [-0.25, -0.2) is 8.78 Å². The van der Waals surface area contributed by atoms with Gasteiger partial charge in [0.2, 0.25) is 0 Å². The number of phenolic OH excluding ortho intramolecular Hbond substituents is 1. The molecule has 0 fully saturated rings. The van der Waals surface area contributed by atoms with Crippen LogP contribution in [0.4, 0.5) is 14.5 Å². The van der Waals surface area contributed by atoms with E-state index in [1.807, 2.05) is 13.0 Å². The van der Waals surface area contributed by atoms with E-state index in [1.54, 1.807) is 12.4 Å². The summed E-state index contributed by atoms with van der Waals surface area (Å²) >= 11 is 0. The van der Waals surface area contributed by atoms with Crippen LogP contribution in [0.1, 0.15) is 11.1 Å². The molecule has 1 heterocycles. The Morgan fingerprint density at radius 3 is 2.56 bits per heavy atom. The van der Waals surface area contributed by atoms with Crippen LogP contribution >= 0.6 is 0 Å². The summed E-state index contributed by atoms with van der Waals surface area (Å²) in [6, 6.07) is 4.02. The molecule has 1 aromatic carbocycles. The smallest absolute Gasteiger partial charge is 0.187 e. The number of aromatic nitrogens is 1. The van der Waals surface area contributed by atoms with E-state index in [0.717, 1.165) is 23.4 Å². The van der Waals surface area contributed by atoms with Crippen LogP contribution in [0.2, 0.25) is 0 Å². The number of aromatic hydroxyl groups is 1. The minimum absolute atomic E-state index is 0.251. The van der Waals surface area contributed by atoms with Gasteiger partial charge in [-0.15, -0.1) is 0 Å². The number of halogens is 2.